The number of fused-ring (bicyclic) bond motifs is 1. The highest BCUT2D eigenvalue weighted by Gasteiger charge is 2.25. The molecule has 0 bridgehead atoms. The van der Waals surface area contributed by atoms with Crippen LogP contribution in [0, 0.1) is 5.92 Å². The van der Waals surface area contributed by atoms with Gasteiger partial charge in [0.25, 0.3) is 5.91 Å². The molecule has 4 rings (SSSR count). The average Bonchev–Trinajstić information content (AvgIpc) is 3.21. The number of rotatable bonds is 7. The molecule has 164 valence electrons. The molecule has 5 nitrogen and oxygen atoms in total. The number of ether oxygens (including phenoxy) is 1. The Labute approximate surface area is 188 Å². The van der Waals surface area contributed by atoms with Gasteiger partial charge in [0.15, 0.2) is 0 Å². The van der Waals surface area contributed by atoms with Crippen molar-refractivity contribution < 1.29 is 9.53 Å². The van der Waals surface area contributed by atoms with Crippen LogP contribution in [0.2, 0.25) is 5.02 Å². The third kappa shape index (κ3) is 5.23. The zero-order valence-electron chi connectivity index (χ0n) is 18.2. The smallest absolute Gasteiger partial charge is 0.270 e. The van der Waals surface area contributed by atoms with E-state index in [4.69, 9.17) is 16.3 Å². The topological polar surface area (TPSA) is 48.6 Å². The molecule has 31 heavy (non-hydrogen) atoms. The second-order valence-corrected chi connectivity index (χ2v) is 8.79. The van der Waals surface area contributed by atoms with Crippen LogP contribution < -0.4 is 4.74 Å². The van der Waals surface area contributed by atoms with Gasteiger partial charge in [0, 0.05) is 42.1 Å². The Morgan fingerprint density at radius 1 is 1.23 bits per heavy atom. The maximum atomic E-state index is 13.2. The fraction of sp³-hybridized carbons (Fsp3) is 0.400. The minimum absolute atomic E-state index is 0.0575. The lowest BCUT2D eigenvalue weighted by Gasteiger charge is -2.35. The molecule has 0 spiro atoms. The SMILES string of the molecule is CCN(CC1CCCN(Cc2ccc(OC)cc2)C1)C(=O)c1cc2cc(Cl)ccc2[nH]1. The summed E-state index contributed by atoms with van der Waals surface area (Å²) in [4.78, 5) is 20.9. The van der Waals surface area contributed by atoms with E-state index in [1.54, 1.807) is 7.11 Å². The average molecular weight is 440 g/mol. The number of nitrogens with one attached hydrogen (secondary N) is 1. The minimum atomic E-state index is 0.0575. The minimum Gasteiger partial charge on any atom is -0.497 e. The maximum Gasteiger partial charge on any atom is 0.270 e. The van der Waals surface area contributed by atoms with Gasteiger partial charge in [-0.1, -0.05) is 23.7 Å². The summed E-state index contributed by atoms with van der Waals surface area (Å²) >= 11 is 6.09. The number of methoxy groups -OCH3 is 1. The van der Waals surface area contributed by atoms with Crippen molar-refractivity contribution >= 4 is 28.4 Å². The molecule has 0 saturated carbocycles. The molecule has 1 fully saturated rings. The van der Waals surface area contributed by atoms with Gasteiger partial charge in [-0.2, -0.15) is 0 Å². The highest BCUT2D eigenvalue weighted by molar-refractivity contribution is 6.31. The molecule has 1 atom stereocenters. The molecule has 0 radical (unpaired) electrons. The number of H-pyrrole nitrogens is 1. The fourth-order valence-corrected chi connectivity index (χ4v) is 4.67. The number of piperidine rings is 1. The lowest BCUT2D eigenvalue weighted by Crippen LogP contribution is -2.42. The van der Waals surface area contributed by atoms with Gasteiger partial charge in [0.1, 0.15) is 11.4 Å². The predicted molar refractivity (Wildman–Crippen MR) is 126 cm³/mol. The molecule has 1 unspecified atom stereocenters. The molecule has 1 N–H and O–H groups in total. The summed E-state index contributed by atoms with van der Waals surface area (Å²) in [5.74, 6) is 1.42. The molecular formula is C25H30ClN3O2. The van der Waals surface area contributed by atoms with Crippen LogP contribution in [0.15, 0.2) is 48.5 Å². The summed E-state index contributed by atoms with van der Waals surface area (Å²) in [7, 11) is 1.69. The molecule has 1 aromatic heterocycles. The molecule has 1 saturated heterocycles. The van der Waals surface area contributed by atoms with Crippen molar-refractivity contribution in [1.82, 2.24) is 14.8 Å². The van der Waals surface area contributed by atoms with E-state index in [0.717, 1.165) is 55.7 Å². The molecule has 1 aliphatic rings. The van der Waals surface area contributed by atoms with E-state index < -0.39 is 0 Å². The van der Waals surface area contributed by atoms with Crippen molar-refractivity contribution in [3.63, 3.8) is 0 Å². The normalized spacial score (nSPS) is 17.1. The number of hydrogen-bond acceptors (Lipinski definition) is 3. The van der Waals surface area contributed by atoms with Crippen molar-refractivity contribution in [3.8, 4) is 5.75 Å². The first-order valence-electron chi connectivity index (χ1n) is 11.0. The van der Waals surface area contributed by atoms with Crippen molar-refractivity contribution in [2.75, 3.05) is 33.3 Å². The van der Waals surface area contributed by atoms with Gasteiger partial charge < -0.3 is 14.6 Å². The number of carbonyl (C=O) groups excluding carboxylic acids is 1. The largest absolute Gasteiger partial charge is 0.497 e. The van der Waals surface area contributed by atoms with Gasteiger partial charge in [0.2, 0.25) is 0 Å². The van der Waals surface area contributed by atoms with Crippen LogP contribution in [0.3, 0.4) is 0 Å². The number of nitrogens with zero attached hydrogens (tertiary/aromatic N) is 2. The van der Waals surface area contributed by atoms with Gasteiger partial charge >= 0.3 is 0 Å². The molecule has 2 aromatic carbocycles. The van der Waals surface area contributed by atoms with Gasteiger partial charge in [-0.05, 0) is 74.2 Å². The van der Waals surface area contributed by atoms with Crippen molar-refractivity contribution in [3.05, 3.63) is 64.8 Å². The monoisotopic (exact) mass is 439 g/mol. The lowest BCUT2D eigenvalue weighted by atomic mass is 9.96. The molecule has 1 amide bonds. The first-order valence-corrected chi connectivity index (χ1v) is 11.4. The lowest BCUT2D eigenvalue weighted by molar-refractivity contribution is 0.0680. The molecule has 2 heterocycles. The van der Waals surface area contributed by atoms with Crippen LogP contribution in [0.1, 0.15) is 35.8 Å². The first-order chi connectivity index (χ1) is 15.1. The van der Waals surface area contributed by atoms with Gasteiger partial charge in [0.05, 0.1) is 7.11 Å². The number of benzene rings is 2. The summed E-state index contributed by atoms with van der Waals surface area (Å²) in [5.41, 5.74) is 2.86. The van der Waals surface area contributed by atoms with Crippen LogP contribution in [-0.2, 0) is 6.54 Å². The zero-order chi connectivity index (χ0) is 21.8. The predicted octanol–water partition coefficient (Wildman–Crippen LogP) is 5.20. The summed E-state index contributed by atoms with van der Waals surface area (Å²) in [6.45, 7) is 6.58. The maximum absolute atomic E-state index is 13.2. The molecule has 0 aliphatic carbocycles. The molecule has 3 aromatic rings. The molecule has 6 heteroatoms. The quantitative estimate of drug-likeness (QED) is 0.550. The molecule has 1 aliphatic heterocycles. The van der Waals surface area contributed by atoms with Gasteiger partial charge in [-0.15, -0.1) is 0 Å². The number of halogens is 1. The Hall–Kier alpha value is -2.50. The Kier molecular flexibility index (Phi) is 6.83. The highest BCUT2D eigenvalue weighted by atomic mass is 35.5. The Morgan fingerprint density at radius 3 is 2.77 bits per heavy atom. The number of hydrogen-bond donors (Lipinski definition) is 1. The zero-order valence-corrected chi connectivity index (χ0v) is 19.0. The number of likely N-dealkylation sites (tertiary alicyclic amines) is 1. The van der Waals surface area contributed by atoms with Crippen molar-refractivity contribution in [2.24, 2.45) is 5.92 Å². The first kappa shape index (κ1) is 21.7. The Bertz CT molecular complexity index is 1030. The summed E-state index contributed by atoms with van der Waals surface area (Å²) in [6.07, 6.45) is 2.32. The van der Waals surface area contributed by atoms with Crippen LogP contribution in [0.25, 0.3) is 10.9 Å². The third-order valence-electron chi connectivity index (χ3n) is 6.13. The second-order valence-electron chi connectivity index (χ2n) is 8.35. The van der Waals surface area contributed by atoms with Crippen molar-refractivity contribution in [1.29, 1.82) is 0 Å². The Balaban J connectivity index is 1.39. The van der Waals surface area contributed by atoms with Crippen LogP contribution >= 0.6 is 11.6 Å². The Morgan fingerprint density at radius 2 is 2.03 bits per heavy atom. The summed E-state index contributed by atoms with van der Waals surface area (Å²) in [6, 6.07) is 15.8. The second kappa shape index (κ2) is 9.75. The fourth-order valence-electron chi connectivity index (χ4n) is 4.49. The van der Waals surface area contributed by atoms with Gasteiger partial charge in [-0.3, -0.25) is 9.69 Å². The van der Waals surface area contributed by atoms with E-state index in [0.29, 0.717) is 23.2 Å². The van der Waals surface area contributed by atoms with Gasteiger partial charge in [-0.25, -0.2) is 0 Å². The summed E-state index contributed by atoms with van der Waals surface area (Å²) in [5, 5.41) is 1.65. The van der Waals surface area contributed by atoms with E-state index in [9.17, 15) is 4.79 Å². The standard InChI is InChI=1S/C25H30ClN3O2/c1-3-29(25(30)24-14-20-13-21(26)8-11-23(20)27-24)17-19-5-4-12-28(16-19)15-18-6-9-22(31-2)10-7-18/h6-11,13-14,19,27H,3-5,12,15-17H2,1-2H3. The van der Waals surface area contributed by atoms with E-state index in [1.165, 1.54) is 5.56 Å². The van der Waals surface area contributed by atoms with Crippen molar-refractivity contribution in [2.45, 2.75) is 26.3 Å². The number of aromatic nitrogens is 1. The molecular weight excluding hydrogens is 410 g/mol. The summed E-state index contributed by atoms with van der Waals surface area (Å²) < 4.78 is 5.26. The van der Waals surface area contributed by atoms with E-state index in [2.05, 4.69) is 28.9 Å². The van der Waals surface area contributed by atoms with E-state index in [1.807, 2.05) is 41.3 Å². The third-order valence-corrected chi connectivity index (χ3v) is 6.36. The van der Waals surface area contributed by atoms with E-state index in [-0.39, 0.29) is 5.91 Å². The number of amides is 1. The number of carbonyl (C=O) groups is 1. The van der Waals surface area contributed by atoms with E-state index >= 15 is 0 Å². The highest BCUT2D eigenvalue weighted by Crippen LogP contribution is 2.23. The van der Waals surface area contributed by atoms with Crippen LogP contribution in [-0.4, -0.2) is 54.0 Å². The van der Waals surface area contributed by atoms with Crippen LogP contribution in [0.4, 0.5) is 0 Å². The number of aromatic amines is 1. The van der Waals surface area contributed by atoms with Crippen LogP contribution in [0.5, 0.6) is 5.75 Å².